The Morgan fingerprint density at radius 1 is 1.50 bits per heavy atom. The molecule has 0 saturated carbocycles. The van der Waals surface area contributed by atoms with Crippen molar-refractivity contribution in [3.05, 3.63) is 53.4 Å². The summed E-state index contributed by atoms with van der Waals surface area (Å²) in [5, 5.41) is 7.26. The molecule has 0 saturated heterocycles. The van der Waals surface area contributed by atoms with Gasteiger partial charge in [-0.25, -0.2) is 9.37 Å². The molecule has 1 aromatic heterocycles. The molecule has 5 heteroatoms. The zero-order valence-corrected chi connectivity index (χ0v) is 10.2. The van der Waals surface area contributed by atoms with Gasteiger partial charge in [0.1, 0.15) is 17.5 Å². The molecule has 94 valence electrons. The van der Waals surface area contributed by atoms with Gasteiger partial charge in [-0.05, 0) is 6.07 Å². The summed E-state index contributed by atoms with van der Waals surface area (Å²) in [6.45, 7) is 2.45. The highest BCUT2D eigenvalue weighted by Crippen LogP contribution is 2.13. The molecular weight excluding hydrogens is 231 g/mol. The average molecular weight is 246 g/mol. The van der Waals surface area contributed by atoms with Crippen molar-refractivity contribution in [2.45, 2.75) is 19.9 Å². The largest absolute Gasteiger partial charge is 0.384 e. The van der Waals surface area contributed by atoms with Crippen LogP contribution in [0.25, 0.3) is 0 Å². The maximum atomic E-state index is 13.9. The van der Waals surface area contributed by atoms with Crippen molar-refractivity contribution in [1.82, 2.24) is 9.55 Å². The van der Waals surface area contributed by atoms with Gasteiger partial charge >= 0.3 is 0 Å². The lowest BCUT2D eigenvalue weighted by Crippen LogP contribution is -2.12. The van der Waals surface area contributed by atoms with Crippen LogP contribution in [0.15, 0.2) is 30.6 Å². The van der Waals surface area contributed by atoms with Gasteiger partial charge in [-0.15, -0.1) is 0 Å². The monoisotopic (exact) mass is 246 g/mol. The van der Waals surface area contributed by atoms with E-state index in [9.17, 15) is 4.39 Å². The zero-order valence-electron chi connectivity index (χ0n) is 10.2. The number of nitrogen functional groups attached to an aromatic ring is 1. The molecule has 1 aromatic carbocycles. The molecule has 18 heavy (non-hydrogen) atoms. The van der Waals surface area contributed by atoms with E-state index in [1.54, 1.807) is 18.3 Å². The maximum Gasteiger partial charge on any atom is 0.128 e. The summed E-state index contributed by atoms with van der Waals surface area (Å²) in [4.78, 5) is 4.19. The lowest BCUT2D eigenvalue weighted by molar-refractivity contribution is 0.594. The lowest BCUT2D eigenvalue weighted by atomic mass is 10.1. The third-order valence-corrected chi connectivity index (χ3v) is 2.82. The molecule has 2 rings (SSSR count). The molecule has 4 nitrogen and oxygen atoms in total. The third kappa shape index (κ3) is 2.40. The highest BCUT2D eigenvalue weighted by molar-refractivity contribution is 5.94. The van der Waals surface area contributed by atoms with Crippen LogP contribution in [0.4, 0.5) is 4.39 Å². The second-order valence-electron chi connectivity index (χ2n) is 4.04. The van der Waals surface area contributed by atoms with E-state index in [1.165, 1.54) is 6.07 Å². The summed E-state index contributed by atoms with van der Waals surface area (Å²) in [6, 6.07) is 4.61. The average Bonchev–Trinajstić information content (AvgIpc) is 2.78. The Bertz CT molecular complexity index is 574. The van der Waals surface area contributed by atoms with Gasteiger partial charge in [-0.3, -0.25) is 5.41 Å². The summed E-state index contributed by atoms with van der Waals surface area (Å²) in [7, 11) is 0. The SMILES string of the molecule is CCc1nccn1Cc1ccc(C(=N)N)cc1F. The molecule has 0 fully saturated rings. The highest BCUT2D eigenvalue weighted by atomic mass is 19.1. The van der Waals surface area contributed by atoms with Crippen molar-refractivity contribution in [3.63, 3.8) is 0 Å². The predicted molar refractivity (Wildman–Crippen MR) is 68.1 cm³/mol. The summed E-state index contributed by atoms with van der Waals surface area (Å²) in [5.41, 5.74) is 6.28. The summed E-state index contributed by atoms with van der Waals surface area (Å²) < 4.78 is 15.8. The molecule has 0 unspecified atom stereocenters. The Morgan fingerprint density at radius 3 is 2.89 bits per heavy atom. The van der Waals surface area contributed by atoms with Crippen molar-refractivity contribution in [2.75, 3.05) is 0 Å². The van der Waals surface area contributed by atoms with Crippen LogP contribution in [0.5, 0.6) is 0 Å². The van der Waals surface area contributed by atoms with Crippen LogP contribution >= 0.6 is 0 Å². The standard InChI is InChI=1S/C13H15FN4/c1-2-12-17-5-6-18(12)8-10-4-3-9(13(15)16)7-11(10)14/h3-7H,2,8H2,1H3,(H3,15,16). The quantitative estimate of drug-likeness (QED) is 0.639. The number of halogens is 1. The van der Waals surface area contributed by atoms with Gasteiger partial charge in [0.2, 0.25) is 0 Å². The minimum atomic E-state index is -0.349. The van der Waals surface area contributed by atoms with Gasteiger partial charge in [0.25, 0.3) is 0 Å². The van der Waals surface area contributed by atoms with Gasteiger partial charge in [0.05, 0.1) is 6.54 Å². The summed E-state index contributed by atoms with van der Waals surface area (Å²) in [5.74, 6) is 0.445. The Balaban J connectivity index is 2.27. The molecule has 1 heterocycles. The van der Waals surface area contributed by atoms with E-state index in [-0.39, 0.29) is 11.7 Å². The first-order valence-corrected chi connectivity index (χ1v) is 5.74. The number of nitrogens with zero attached hydrogens (tertiary/aromatic N) is 2. The third-order valence-electron chi connectivity index (χ3n) is 2.82. The molecule has 0 aliphatic carbocycles. The number of nitrogens with one attached hydrogen (secondary N) is 1. The lowest BCUT2D eigenvalue weighted by Gasteiger charge is -2.08. The number of hydrogen-bond acceptors (Lipinski definition) is 2. The number of aromatic nitrogens is 2. The van der Waals surface area contributed by atoms with Gasteiger partial charge < -0.3 is 10.3 Å². The smallest absolute Gasteiger partial charge is 0.128 e. The van der Waals surface area contributed by atoms with Crippen LogP contribution in [0.2, 0.25) is 0 Å². The fraction of sp³-hybridized carbons (Fsp3) is 0.231. The van der Waals surface area contributed by atoms with Crippen molar-refractivity contribution in [3.8, 4) is 0 Å². The fourth-order valence-electron chi connectivity index (χ4n) is 1.82. The van der Waals surface area contributed by atoms with Crippen molar-refractivity contribution in [2.24, 2.45) is 5.73 Å². The van der Waals surface area contributed by atoms with Crippen LogP contribution in [-0.4, -0.2) is 15.4 Å². The van der Waals surface area contributed by atoms with Crippen LogP contribution in [0, 0.1) is 11.2 Å². The van der Waals surface area contributed by atoms with E-state index in [2.05, 4.69) is 4.98 Å². The van der Waals surface area contributed by atoms with Gasteiger partial charge in [0.15, 0.2) is 0 Å². The molecule has 2 aromatic rings. The number of aryl methyl sites for hydroxylation is 1. The Kier molecular flexibility index (Phi) is 3.41. The number of nitrogens with two attached hydrogens (primary N) is 1. The van der Waals surface area contributed by atoms with Crippen LogP contribution in [-0.2, 0) is 13.0 Å². The number of benzene rings is 1. The first-order valence-electron chi connectivity index (χ1n) is 5.74. The maximum absolute atomic E-state index is 13.9. The number of amidine groups is 1. The molecule has 0 aliphatic rings. The second kappa shape index (κ2) is 5.00. The Hall–Kier alpha value is -2.17. The molecular formula is C13H15FN4. The van der Waals surface area contributed by atoms with Gasteiger partial charge in [0, 0.05) is 29.9 Å². The van der Waals surface area contributed by atoms with E-state index in [0.717, 1.165) is 12.2 Å². The van der Waals surface area contributed by atoms with Crippen molar-refractivity contribution < 1.29 is 4.39 Å². The molecule has 0 amide bonds. The van der Waals surface area contributed by atoms with Crippen molar-refractivity contribution >= 4 is 5.84 Å². The molecule has 0 radical (unpaired) electrons. The molecule has 0 spiro atoms. The molecule has 0 bridgehead atoms. The number of hydrogen-bond donors (Lipinski definition) is 2. The Morgan fingerprint density at radius 2 is 2.28 bits per heavy atom. The predicted octanol–water partition coefficient (Wildman–Crippen LogP) is 1.92. The second-order valence-corrected chi connectivity index (χ2v) is 4.04. The first-order chi connectivity index (χ1) is 8.61. The summed E-state index contributed by atoms with van der Waals surface area (Å²) >= 11 is 0. The number of imidazole rings is 1. The van der Waals surface area contributed by atoms with Crippen LogP contribution in [0.3, 0.4) is 0 Å². The van der Waals surface area contributed by atoms with E-state index < -0.39 is 0 Å². The van der Waals surface area contributed by atoms with Gasteiger partial charge in [-0.1, -0.05) is 19.1 Å². The molecule has 0 atom stereocenters. The van der Waals surface area contributed by atoms with Crippen LogP contribution < -0.4 is 5.73 Å². The highest BCUT2D eigenvalue weighted by Gasteiger charge is 2.07. The van der Waals surface area contributed by atoms with Gasteiger partial charge in [-0.2, -0.15) is 0 Å². The van der Waals surface area contributed by atoms with E-state index >= 15 is 0 Å². The summed E-state index contributed by atoms with van der Waals surface area (Å²) in [6.07, 6.45) is 4.35. The minimum absolute atomic E-state index is 0.127. The van der Waals surface area contributed by atoms with E-state index in [1.807, 2.05) is 17.7 Å². The first kappa shape index (κ1) is 12.3. The zero-order chi connectivity index (χ0) is 13.1. The Labute approximate surface area is 105 Å². The molecule has 0 aliphatic heterocycles. The van der Waals surface area contributed by atoms with Crippen molar-refractivity contribution in [1.29, 1.82) is 5.41 Å². The van der Waals surface area contributed by atoms with E-state index in [0.29, 0.717) is 17.7 Å². The fourth-order valence-corrected chi connectivity index (χ4v) is 1.82. The molecule has 3 N–H and O–H groups in total. The minimum Gasteiger partial charge on any atom is -0.384 e. The topological polar surface area (TPSA) is 67.7 Å². The van der Waals surface area contributed by atoms with Crippen LogP contribution in [0.1, 0.15) is 23.9 Å². The number of rotatable bonds is 4. The van der Waals surface area contributed by atoms with E-state index in [4.69, 9.17) is 11.1 Å². The normalized spacial score (nSPS) is 10.6.